The van der Waals surface area contributed by atoms with Crippen molar-refractivity contribution in [2.75, 3.05) is 13.1 Å². The molecule has 1 rings (SSSR count). The van der Waals surface area contributed by atoms with Gasteiger partial charge >= 0.3 is 12.1 Å². The summed E-state index contributed by atoms with van der Waals surface area (Å²) in [5.74, 6) is -1.05. The summed E-state index contributed by atoms with van der Waals surface area (Å²) in [4.78, 5) is 22.7. The summed E-state index contributed by atoms with van der Waals surface area (Å²) in [7, 11) is 0. The van der Waals surface area contributed by atoms with Crippen LogP contribution >= 0.6 is 0 Å². The normalized spacial score (nSPS) is 32.7. The van der Waals surface area contributed by atoms with Gasteiger partial charge in [0.15, 0.2) is 0 Å². The molecule has 14 heavy (non-hydrogen) atoms. The molecule has 1 heterocycles. The van der Waals surface area contributed by atoms with Gasteiger partial charge in [-0.25, -0.2) is 4.79 Å². The van der Waals surface area contributed by atoms with Crippen LogP contribution in [0.4, 0.5) is 4.79 Å². The lowest BCUT2D eigenvalue weighted by Gasteiger charge is -2.40. The Labute approximate surface area is 81.3 Å². The number of piperidine rings is 1. The molecule has 80 valence electrons. The quantitative estimate of drug-likeness (QED) is 0.545. The second-order valence-electron chi connectivity index (χ2n) is 3.82. The van der Waals surface area contributed by atoms with E-state index in [4.69, 9.17) is 15.9 Å². The third-order valence-corrected chi connectivity index (χ3v) is 2.81. The summed E-state index contributed by atoms with van der Waals surface area (Å²) < 4.78 is 0. The number of carboxylic acid groups (broad SMARTS) is 2. The second-order valence-corrected chi connectivity index (χ2v) is 3.82. The summed E-state index contributed by atoms with van der Waals surface area (Å²) in [5.41, 5.74) is 4.51. The monoisotopic (exact) mass is 202 g/mol. The fourth-order valence-electron chi connectivity index (χ4n) is 1.60. The zero-order valence-corrected chi connectivity index (χ0v) is 7.93. The highest BCUT2D eigenvalue weighted by Gasteiger charge is 2.45. The molecular weight excluding hydrogens is 188 g/mol. The lowest BCUT2D eigenvalue weighted by atomic mass is 9.78. The van der Waals surface area contributed by atoms with E-state index >= 15 is 0 Å². The Morgan fingerprint density at radius 3 is 2.50 bits per heavy atom. The molecule has 2 atom stereocenters. The molecule has 1 amide bonds. The summed E-state index contributed by atoms with van der Waals surface area (Å²) in [6.07, 6.45) is -0.709. The standard InChI is InChI=1S/C8H14N2O4/c1-8(6(11)12)4-10(7(13)14)3-2-5(8)9/h5H,2-4,9H2,1H3,(H,11,12)(H,13,14). The van der Waals surface area contributed by atoms with Crippen LogP contribution < -0.4 is 5.73 Å². The van der Waals surface area contributed by atoms with Crippen molar-refractivity contribution >= 4 is 12.1 Å². The van der Waals surface area contributed by atoms with Gasteiger partial charge in [0.2, 0.25) is 0 Å². The van der Waals surface area contributed by atoms with Gasteiger partial charge in [0.1, 0.15) is 0 Å². The Morgan fingerprint density at radius 1 is 1.50 bits per heavy atom. The molecule has 0 bridgehead atoms. The van der Waals surface area contributed by atoms with Crippen LogP contribution in [-0.2, 0) is 4.79 Å². The Hall–Kier alpha value is -1.30. The van der Waals surface area contributed by atoms with Crippen molar-refractivity contribution in [3.63, 3.8) is 0 Å². The van der Waals surface area contributed by atoms with Crippen LogP contribution in [0.15, 0.2) is 0 Å². The maximum Gasteiger partial charge on any atom is 0.407 e. The van der Waals surface area contributed by atoms with Crippen LogP contribution in [0.2, 0.25) is 0 Å². The van der Waals surface area contributed by atoms with E-state index < -0.39 is 23.5 Å². The number of carbonyl (C=O) groups is 2. The smallest absolute Gasteiger partial charge is 0.407 e. The molecule has 0 aromatic rings. The fraction of sp³-hybridized carbons (Fsp3) is 0.750. The molecule has 0 aliphatic carbocycles. The summed E-state index contributed by atoms with van der Waals surface area (Å²) in [6, 6.07) is -0.490. The zero-order chi connectivity index (χ0) is 10.9. The van der Waals surface area contributed by atoms with Crippen molar-refractivity contribution in [1.29, 1.82) is 0 Å². The van der Waals surface area contributed by atoms with Crippen molar-refractivity contribution in [1.82, 2.24) is 4.90 Å². The van der Waals surface area contributed by atoms with Crippen molar-refractivity contribution < 1.29 is 19.8 Å². The topological polar surface area (TPSA) is 104 Å². The van der Waals surface area contributed by atoms with E-state index in [0.717, 1.165) is 4.90 Å². The summed E-state index contributed by atoms with van der Waals surface area (Å²) >= 11 is 0. The van der Waals surface area contributed by atoms with Crippen molar-refractivity contribution in [3.05, 3.63) is 0 Å². The number of hydrogen-bond donors (Lipinski definition) is 3. The van der Waals surface area contributed by atoms with E-state index in [1.807, 2.05) is 0 Å². The molecule has 1 saturated heterocycles. The first kappa shape index (κ1) is 10.8. The molecule has 2 unspecified atom stereocenters. The molecule has 0 aromatic heterocycles. The van der Waals surface area contributed by atoms with Gasteiger partial charge in [-0.05, 0) is 13.3 Å². The third kappa shape index (κ3) is 1.65. The first-order valence-electron chi connectivity index (χ1n) is 4.35. The Morgan fingerprint density at radius 2 is 2.07 bits per heavy atom. The molecule has 6 heteroatoms. The maximum absolute atomic E-state index is 11.0. The molecule has 0 saturated carbocycles. The van der Waals surface area contributed by atoms with Gasteiger partial charge in [-0.3, -0.25) is 4.79 Å². The van der Waals surface area contributed by atoms with Crippen LogP contribution in [0.25, 0.3) is 0 Å². The van der Waals surface area contributed by atoms with E-state index in [1.165, 1.54) is 6.92 Å². The number of carboxylic acids is 1. The minimum Gasteiger partial charge on any atom is -0.481 e. The zero-order valence-electron chi connectivity index (χ0n) is 7.93. The third-order valence-electron chi connectivity index (χ3n) is 2.81. The molecule has 1 fully saturated rings. The number of amides is 1. The molecular formula is C8H14N2O4. The molecule has 0 aromatic carbocycles. The summed E-state index contributed by atoms with van der Waals surface area (Å²) in [5, 5.41) is 17.7. The number of likely N-dealkylation sites (tertiary alicyclic amines) is 1. The number of rotatable bonds is 1. The molecule has 0 radical (unpaired) electrons. The molecule has 6 nitrogen and oxygen atoms in total. The minimum absolute atomic E-state index is 0.0428. The SMILES string of the molecule is CC1(C(=O)O)CN(C(=O)O)CCC1N. The number of aliphatic carboxylic acids is 1. The van der Waals surface area contributed by atoms with Gasteiger partial charge in [-0.1, -0.05) is 0 Å². The second kappa shape index (κ2) is 3.45. The van der Waals surface area contributed by atoms with E-state index in [-0.39, 0.29) is 6.54 Å². The van der Waals surface area contributed by atoms with Gasteiger partial charge < -0.3 is 20.8 Å². The largest absolute Gasteiger partial charge is 0.481 e. The maximum atomic E-state index is 11.0. The van der Waals surface area contributed by atoms with Gasteiger partial charge in [0.05, 0.1) is 5.41 Å². The summed E-state index contributed by atoms with van der Waals surface area (Å²) in [6.45, 7) is 1.74. The molecule has 1 aliphatic heterocycles. The first-order valence-corrected chi connectivity index (χ1v) is 4.35. The first-order chi connectivity index (χ1) is 6.38. The highest BCUT2D eigenvalue weighted by molar-refractivity contribution is 5.77. The average Bonchev–Trinajstić information content (AvgIpc) is 2.09. The van der Waals surface area contributed by atoms with Crippen molar-refractivity contribution in [2.45, 2.75) is 19.4 Å². The number of hydrogen-bond acceptors (Lipinski definition) is 3. The van der Waals surface area contributed by atoms with Crippen LogP contribution in [-0.4, -0.2) is 46.3 Å². The van der Waals surface area contributed by atoms with Gasteiger partial charge in [0.25, 0.3) is 0 Å². The highest BCUT2D eigenvalue weighted by atomic mass is 16.4. The van der Waals surface area contributed by atoms with Crippen LogP contribution in [0.1, 0.15) is 13.3 Å². The minimum atomic E-state index is -1.17. The lowest BCUT2D eigenvalue weighted by Crippen LogP contribution is -2.58. The van der Waals surface area contributed by atoms with Gasteiger partial charge in [-0.2, -0.15) is 0 Å². The van der Waals surface area contributed by atoms with Gasteiger partial charge in [-0.15, -0.1) is 0 Å². The van der Waals surface area contributed by atoms with Crippen LogP contribution in [0.5, 0.6) is 0 Å². The van der Waals surface area contributed by atoms with Crippen LogP contribution in [0, 0.1) is 5.41 Å². The lowest BCUT2D eigenvalue weighted by molar-refractivity contribution is -0.151. The predicted molar refractivity (Wildman–Crippen MR) is 47.9 cm³/mol. The fourth-order valence-corrected chi connectivity index (χ4v) is 1.60. The molecule has 0 spiro atoms. The van der Waals surface area contributed by atoms with Crippen LogP contribution in [0.3, 0.4) is 0 Å². The van der Waals surface area contributed by atoms with Gasteiger partial charge in [0, 0.05) is 19.1 Å². The number of nitrogens with two attached hydrogens (primary N) is 1. The van der Waals surface area contributed by atoms with E-state index in [1.54, 1.807) is 0 Å². The molecule has 4 N–H and O–H groups in total. The Balaban J connectivity index is 2.83. The predicted octanol–water partition coefficient (Wildman–Crippen LogP) is -0.212. The number of nitrogens with zero attached hydrogens (tertiary/aromatic N) is 1. The van der Waals surface area contributed by atoms with E-state index in [2.05, 4.69) is 0 Å². The Kier molecular flexibility index (Phi) is 2.66. The van der Waals surface area contributed by atoms with E-state index in [0.29, 0.717) is 13.0 Å². The van der Waals surface area contributed by atoms with Crippen molar-refractivity contribution in [2.24, 2.45) is 11.1 Å². The molecule has 1 aliphatic rings. The van der Waals surface area contributed by atoms with E-state index in [9.17, 15) is 9.59 Å². The Bertz CT molecular complexity index is 268. The highest BCUT2D eigenvalue weighted by Crippen LogP contribution is 2.28. The average molecular weight is 202 g/mol. The van der Waals surface area contributed by atoms with Crippen molar-refractivity contribution in [3.8, 4) is 0 Å².